The van der Waals surface area contributed by atoms with Gasteiger partial charge < -0.3 is 4.90 Å². The lowest BCUT2D eigenvalue weighted by molar-refractivity contribution is -0.136. The lowest BCUT2D eigenvalue weighted by Crippen LogP contribution is -2.46. The molecule has 0 radical (unpaired) electrons. The smallest absolute Gasteiger partial charge is 0.226 e. The third-order valence-electron chi connectivity index (χ3n) is 5.09. The van der Waals surface area contributed by atoms with Gasteiger partial charge in [-0.3, -0.25) is 14.5 Å². The van der Waals surface area contributed by atoms with Crippen LogP contribution in [0.15, 0.2) is 43.0 Å². The zero-order chi connectivity index (χ0) is 15.6. The minimum absolute atomic E-state index is 0.150. The van der Waals surface area contributed by atoms with Crippen molar-refractivity contribution in [3.8, 4) is 0 Å². The van der Waals surface area contributed by atoms with Crippen molar-refractivity contribution in [2.75, 3.05) is 6.54 Å². The van der Waals surface area contributed by atoms with Crippen molar-refractivity contribution in [2.45, 2.75) is 44.2 Å². The fourth-order valence-corrected chi connectivity index (χ4v) is 3.75. The summed E-state index contributed by atoms with van der Waals surface area (Å²) in [6.45, 7) is 1.70. The predicted octanol–water partition coefficient (Wildman–Crippen LogP) is 2.46. The average molecular weight is 310 g/mol. The Balaban J connectivity index is 1.44. The van der Waals surface area contributed by atoms with E-state index in [-0.39, 0.29) is 12.0 Å². The number of likely N-dealkylation sites (tertiary alicyclic amines) is 1. The molecular formula is C18H22N4O. The predicted molar refractivity (Wildman–Crippen MR) is 86.7 cm³/mol. The van der Waals surface area contributed by atoms with Crippen LogP contribution in [0.5, 0.6) is 0 Å². The summed E-state index contributed by atoms with van der Waals surface area (Å²) in [6, 6.07) is 6.26. The number of hydrogen-bond acceptors (Lipinski definition) is 3. The fourth-order valence-electron chi connectivity index (χ4n) is 3.75. The maximum Gasteiger partial charge on any atom is 0.226 e. The third kappa shape index (κ3) is 3.00. The van der Waals surface area contributed by atoms with Gasteiger partial charge in [-0.15, -0.1) is 0 Å². The summed E-state index contributed by atoms with van der Waals surface area (Å²) >= 11 is 0. The first-order valence-corrected chi connectivity index (χ1v) is 8.51. The lowest BCUT2D eigenvalue weighted by Gasteiger charge is -2.36. The summed E-state index contributed by atoms with van der Waals surface area (Å²) in [7, 11) is 0. The molecule has 2 aromatic heterocycles. The van der Waals surface area contributed by atoms with Gasteiger partial charge in [0, 0.05) is 37.3 Å². The van der Waals surface area contributed by atoms with E-state index in [1.54, 1.807) is 12.4 Å². The summed E-state index contributed by atoms with van der Waals surface area (Å²) in [5, 5.41) is 4.30. The van der Waals surface area contributed by atoms with Crippen molar-refractivity contribution in [1.82, 2.24) is 19.7 Å². The van der Waals surface area contributed by atoms with Gasteiger partial charge in [-0.25, -0.2) is 0 Å². The largest absolute Gasteiger partial charge is 0.338 e. The average Bonchev–Trinajstić information content (AvgIpc) is 3.25. The summed E-state index contributed by atoms with van der Waals surface area (Å²) in [5.41, 5.74) is 1.20. The minimum Gasteiger partial charge on any atom is -0.338 e. The molecule has 5 nitrogen and oxygen atoms in total. The molecule has 3 heterocycles. The van der Waals surface area contributed by atoms with Crippen LogP contribution >= 0.6 is 0 Å². The minimum atomic E-state index is 0.150. The van der Waals surface area contributed by atoms with Gasteiger partial charge in [-0.2, -0.15) is 5.10 Å². The molecule has 2 aromatic rings. The van der Waals surface area contributed by atoms with Crippen LogP contribution in [0.25, 0.3) is 0 Å². The summed E-state index contributed by atoms with van der Waals surface area (Å²) in [6.07, 6.45) is 11.8. The molecule has 4 rings (SSSR count). The van der Waals surface area contributed by atoms with Gasteiger partial charge in [0.1, 0.15) is 0 Å². The lowest BCUT2D eigenvalue weighted by atomic mass is 10.0. The van der Waals surface area contributed by atoms with Gasteiger partial charge >= 0.3 is 0 Å². The number of carbonyl (C=O) groups excluding carboxylic acids is 1. The second-order valence-electron chi connectivity index (χ2n) is 6.64. The van der Waals surface area contributed by atoms with Crippen molar-refractivity contribution in [2.24, 2.45) is 5.92 Å². The van der Waals surface area contributed by atoms with Crippen LogP contribution in [0, 0.1) is 5.92 Å². The van der Waals surface area contributed by atoms with E-state index in [0.29, 0.717) is 11.8 Å². The molecule has 2 fully saturated rings. The number of piperidine rings is 1. The van der Waals surface area contributed by atoms with Crippen molar-refractivity contribution in [1.29, 1.82) is 0 Å². The molecule has 0 spiro atoms. The molecule has 5 heteroatoms. The Kier molecular flexibility index (Phi) is 3.85. The van der Waals surface area contributed by atoms with Gasteiger partial charge in [0.2, 0.25) is 5.91 Å². The van der Waals surface area contributed by atoms with Gasteiger partial charge in [0.05, 0.1) is 12.6 Å². The summed E-state index contributed by atoms with van der Waals surface area (Å²) in [4.78, 5) is 19.3. The number of amides is 1. The topological polar surface area (TPSA) is 51.0 Å². The van der Waals surface area contributed by atoms with Crippen LogP contribution in [0.1, 0.15) is 37.2 Å². The molecule has 120 valence electrons. The Bertz CT molecular complexity index is 655. The van der Waals surface area contributed by atoms with E-state index in [0.717, 1.165) is 32.4 Å². The molecule has 0 N–H and O–H groups in total. The molecule has 0 unspecified atom stereocenters. The molecule has 0 bridgehead atoms. The van der Waals surface area contributed by atoms with Gasteiger partial charge in [-0.1, -0.05) is 6.07 Å². The van der Waals surface area contributed by atoms with Crippen molar-refractivity contribution < 1.29 is 4.79 Å². The molecule has 1 saturated carbocycles. The quantitative estimate of drug-likeness (QED) is 0.871. The van der Waals surface area contributed by atoms with E-state index in [1.165, 1.54) is 12.0 Å². The Morgan fingerprint density at radius 3 is 3.00 bits per heavy atom. The SMILES string of the molecule is O=C([C@@H]1C[C@@H]1c1cccnc1)N1CCCC[C@H]1Cn1cccn1. The van der Waals surface area contributed by atoms with E-state index >= 15 is 0 Å². The molecule has 1 aliphatic heterocycles. The molecule has 0 aromatic carbocycles. The van der Waals surface area contributed by atoms with E-state index in [4.69, 9.17) is 0 Å². The first-order valence-electron chi connectivity index (χ1n) is 8.51. The number of hydrogen-bond donors (Lipinski definition) is 0. The standard InChI is InChI=1S/C18H22N4O/c23-18(17-11-16(17)14-5-3-7-19-12-14)22-10-2-1-6-15(22)13-21-9-4-8-20-21/h3-5,7-9,12,15-17H,1-2,6,10-11,13H2/t15-,16+,17+/m0/s1. The highest BCUT2D eigenvalue weighted by molar-refractivity contribution is 5.83. The first kappa shape index (κ1) is 14.4. The molecule has 1 aliphatic carbocycles. The van der Waals surface area contributed by atoms with E-state index in [1.807, 2.05) is 29.2 Å². The molecule has 2 aliphatic rings. The van der Waals surface area contributed by atoms with Gasteiger partial charge in [-0.05, 0) is 49.3 Å². The van der Waals surface area contributed by atoms with Crippen molar-refractivity contribution in [3.05, 3.63) is 48.5 Å². The first-order chi connectivity index (χ1) is 11.3. The van der Waals surface area contributed by atoms with Crippen molar-refractivity contribution in [3.63, 3.8) is 0 Å². The monoisotopic (exact) mass is 310 g/mol. The second-order valence-corrected chi connectivity index (χ2v) is 6.64. The van der Waals surface area contributed by atoms with Crippen LogP contribution in [0.4, 0.5) is 0 Å². The fraction of sp³-hybridized carbons (Fsp3) is 0.500. The van der Waals surface area contributed by atoms with E-state index < -0.39 is 0 Å². The van der Waals surface area contributed by atoms with Gasteiger partial charge in [0.25, 0.3) is 0 Å². The Morgan fingerprint density at radius 1 is 1.26 bits per heavy atom. The second kappa shape index (κ2) is 6.14. The van der Waals surface area contributed by atoms with Crippen LogP contribution in [-0.4, -0.2) is 38.2 Å². The zero-order valence-electron chi connectivity index (χ0n) is 13.2. The van der Waals surface area contributed by atoms with Crippen LogP contribution < -0.4 is 0 Å². The highest BCUT2D eigenvalue weighted by Crippen LogP contribution is 2.48. The number of pyridine rings is 1. The molecule has 1 amide bonds. The highest BCUT2D eigenvalue weighted by atomic mass is 16.2. The normalized spacial score (nSPS) is 27.0. The zero-order valence-corrected chi connectivity index (χ0v) is 13.2. The van der Waals surface area contributed by atoms with Crippen molar-refractivity contribution >= 4 is 5.91 Å². The number of carbonyl (C=O) groups is 1. The van der Waals surface area contributed by atoms with Crippen LogP contribution in [0.2, 0.25) is 0 Å². The number of nitrogens with zero attached hydrogens (tertiary/aromatic N) is 4. The van der Waals surface area contributed by atoms with E-state index in [9.17, 15) is 4.79 Å². The van der Waals surface area contributed by atoms with Gasteiger partial charge in [0.15, 0.2) is 0 Å². The maximum absolute atomic E-state index is 13.0. The highest BCUT2D eigenvalue weighted by Gasteiger charge is 2.47. The Morgan fingerprint density at radius 2 is 2.22 bits per heavy atom. The maximum atomic E-state index is 13.0. The Labute approximate surface area is 136 Å². The number of rotatable bonds is 4. The molecular weight excluding hydrogens is 288 g/mol. The van der Waals surface area contributed by atoms with Crippen LogP contribution in [0.3, 0.4) is 0 Å². The van der Waals surface area contributed by atoms with E-state index in [2.05, 4.69) is 21.0 Å². The molecule has 23 heavy (non-hydrogen) atoms. The Hall–Kier alpha value is -2.17. The molecule has 1 saturated heterocycles. The third-order valence-corrected chi connectivity index (χ3v) is 5.09. The number of aromatic nitrogens is 3. The van der Waals surface area contributed by atoms with Crippen LogP contribution in [-0.2, 0) is 11.3 Å². The summed E-state index contributed by atoms with van der Waals surface area (Å²) < 4.78 is 1.95. The molecule has 3 atom stereocenters. The summed E-state index contributed by atoms with van der Waals surface area (Å²) in [5.74, 6) is 0.844.